The summed E-state index contributed by atoms with van der Waals surface area (Å²) in [5, 5.41) is 14.1. The van der Waals surface area contributed by atoms with E-state index in [4.69, 9.17) is 0 Å². The Labute approximate surface area is 79.4 Å². The molecule has 0 aliphatic heterocycles. The van der Waals surface area contributed by atoms with Gasteiger partial charge < -0.3 is 5.11 Å². The molecule has 0 aromatic carbocycles. The number of aliphatic hydroxyl groups excluding tert-OH is 1. The Bertz CT molecular complexity index is 291. The molecule has 0 unspecified atom stereocenters. The van der Waals surface area contributed by atoms with Crippen molar-refractivity contribution in [3.8, 4) is 0 Å². The summed E-state index contributed by atoms with van der Waals surface area (Å²) >= 11 is 0. The summed E-state index contributed by atoms with van der Waals surface area (Å²) < 4.78 is 1.93. The zero-order valence-corrected chi connectivity index (χ0v) is 8.83. The SMILES string of the molecule is CC[C@@H](O)c1c(C)nn(CC)c1C. The first-order valence-corrected chi connectivity index (χ1v) is 4.83. The van der Waals surface area contributed by atoms with Crippen molar-refractivity contribution in [2.24, 2.45) is 0 Å². The van der Waals surface area contributed by atoms with E-state index in [9.17, 15) is 5.11 Å². The second-order valence-corrected chi connectivity index (χ2v) is 3.32. The highest BCUT2D eigenvalue weighted by Crippen LogP contribution is 2.23. The molecule has 0 radical (unpaired) electrons. The van der Waals surface area contributed by atoms with Crippen LogP contribution >= 0.6 is 0 Å². The van der Waals surface area contributed by atoms with E-state index in [1.807, 2.05) is 25.5 Å². The van der Waals surface area contributed by atoms with Crippen molar-refractivity contribution in [1.29, 1.82) is 0 Å². The van der Waals surface area contributed by atoms with Gasteiger partial charge >= 0.3 is 0 Å². The minimum atomic E-state index is -0.361. The first-order chi connectivity index (χ1) is 6.11. The summed E-state index contributed by atoms with van der Waals surface area (Å²) in [6.45, 7) is 8.86. The number of hydrogen-bond acceptors (Lipinski definition) is 2. The minimum absolute atomic E-state index is 0.361. The molecule has 3 heteroatoms. The fourth-order valence-electron chi connectivity index (χ4n) is 1.71. The first kappa shape index (κ1) is 10.3. The van der Waals surface area contributed by atoms with Gasteiger partial charge in [0.1, 0.15) is 0 Å². The molecule has 1 heterocycles. The minimum Gasteiger partial charge on any atom is -0.388 e. The standard InChI is InChI=1S/C10H18N2O/c1-5-9(13)10-7(3)11-12(6-2)8(10)4/h9,13H,5-6H2,1-4H3/t9-/m1/s1. The maximum atomic E-state index is 9.75. The smallest absolute Gasteiger partial charge is 0.0823 e. The number of aliphatic hydroxyl groups is 1. The van der Waals surface area contributed by atoms with E-state index < -0.39 is 0 Å². The molecule has 1 atom stereocenters. The third kappa shape index (κ3) is 1.75. The second-order valence-electron chi connectivity index (χ2n) is 3.32. The van der Waals surface area contributed by atoms with Crippen LogP contribution in [0.2, 0.25) is 0 Å². The number of nitrogens with zero attached hydrogens (tertiary/aromatic N) is 2. The van der Waals surface area contributed by atoms with E-state index in [1.165, 1.54) is 0 Å². The molecular weight excluding hydrogens is 164 g/mol. The summed E-state index contributed by atoms with van der Waals surface area (Å²) in [5.41, 5.74) is 3.05. The summed E-state index contributed by atoms with van der Waals surface area (Å²) in [5.74, 6) is 0. The van der Waals surface area contributed by atoms with Gasteiger partial charge in [0, 0.05) is 17.8 Å². The van der Waals surface area contributed by atoms with Gasteiger partial charge in [-0.1, -0.05) is 6.92 Å². The Morgan fingerprint density at radius 1 is 1.38 bits per heavy atom. The Kier molecular flexibility index (Phi) is 3.09. The van der Waals surface area contributed by atoms with Gasteiger partial charge in [-0.2, -0.15) is 5.10 Å². The Morgan fingerprint density at radius 2 is 2.00 bits per heavy atom. The zero-order chi connectivity index (χ0) is 10.0. The van der Waals surface area contributed by atoms with Crippen molar-refractivity contribution in [3.63, 3.8) is 0 Å². The lowest BCUT2D eigenvalue weighted by Gasteiger charge is -2.08. The highest BCUT2D eigenvalue weighted by atomic mass is 16.3. The molecule has 0 amide bonds. The average Bonchev–Trinajstić information content (AvgIpc) is 2.40. The van der Waals surface area contributed by atoms with Crippen molar-refractivity contribution in [2.75, 3.05) is 0 Å². The Hall–Kier alpha value is -0.830. The van der Waals surface area contributed by atoms with Crippen LogP contribution in [-0.4, -0.2) is 14.9 Å². The molecule has 0 saturated heterocycles. The fraction of sp³-hybridized carbons (Fsp3) is 0.700. The van der Waals surface area contributed by atoms with Gasteiger partial charge in [0.25, 0.3) is 0 Å². The third-order valence-electron chi connectivity index (χ3n) is 2.46. The third-order valence-corrected chi connectivity index (χ3v) is 2.46. The fourth-order valence-corrected chi connectivity index (χ4v) is 1.71. The molecule has 13 heavy (non-hydrogen) atoms. The predicted molar refractivity (Wildman–Crippen MR) is 52.6 cm³/mol. The summed E-state index contributed by atoms with van der Waals surface area (Å²) in [4.78, 5) is 0. The predicted octanol–water partition coefficient (Wildman–Crippen LogP) is 1.96. The lowest BCUT2D eigenvalue weighted by Crippen LogP contribution is -2.01. The molecule has 1 aromatic rings. The Morgan fingerprint density at radius 3 is 2.38 bits per heavy atom. The number of rotatable bonds is 3. The monoisotopic (exact) mass is 182 g/mol. The molecule has 74 valence electrons. The van der Waals surface area contributed by atoms with E-state index in [0.29, 0.717) is 0 Å². The van der Waals surface area contributed by atoms with Crippen LogP contribution in [0.4, 0.5) is 0 Å². The summed E-state index contributed by atoms with van der Waals surface area (Å²) in [6, 6.07) is 0. The molecule has 1 aromatic heterocycles. The molecule has 0 bridgehead atoms. The molecule has 0 saturated carbocycles. The van der Waals surface area contributed by atoms with Gasteiger partial charge in [-0.25, -0.2) is 0 Å². The quantitative estimate of drug-likeness (QED) is 0.776. The second kappa shape index (κ2) is 3.92. The van der Waals surface area contributed by atoms with Crippen LogP contribution in [0, 0.1) is 13.8 Å². The van der Waals surface area contributed by atoms with Gasteiger partial charge in [0.15, 0.2) is 0 Å². The van der Waals surface area contributed by atoms with E-state index in [0.717, 1.165) is 29.9 Å². The van der Waals surface area contributed by atoms with Gasteiger partial charge in [-0.3, -0.25) is 4.68 Å². The van der Waals surface area contributed by atoms with Crippen LogP contribution in [0.5, 0.6) is 0 Å². The molecule has 1 rings (SSSR count). The van der Waals surface area contributed by atoms with Crippen LogP contribution in [0.15, 0.2) is 0 Å². The van der Waals surface area contributed by atoms with Crippen LogP contribution < -0.4 is 0 Å². The van der Waals surface area contributed by atoms with Gasteiger partial charge in [0.05, 0.1) is 11.8 Å². The average molecular weight is 182 g/mol. The van der Waals surface area contributed by atoms with E-state index in [-0.39, 0.29) is 6.10 Å². The largest absolute Gasteiger partial charge is 0.388 e. The molecule has 0 fully saturated rings. The van der Waals surface area contributed by atoms with Crippen LogP contribution in [0.1, 0.15) is 43.3 Å². The molecular formula is C10H18N2O. The number of aryl methyl sites for hydroxylation is 2. The van der Waals surface area contributed by atoms with Gasteiger partial charge in [-0.15, -0.1) is 0 Å². The highest BCUT2D eigenvalue weighted by molar-refractivity contribution is 5.26. The normalized spacial score (nSPS) is 13.3. The molecule has 0 spiro atoms. The topological polar surface area (TPSA) is 38.1 Å². The van der Waals surface area contributed by atoms with Crippen LogP contribution in [-0.2, 0) is 6.54 Å². The first-order valence-electron chi connectivity index (χ1n) is 4.83. The van der Waals surface area contributed by atoms with Crippen molar-refractivity contribution >= 4 is 0 Å². The molecule has 0 aliphatic carbocycles. The maximum Gasteiger partial charge on any atom is 0.0823 e. The maximum absolute atomic E-state index is 9.75. The zero-order valence-electron chi connectivity index (χ0n) is 8.83. The van der Waals surface area contributed by atoms with E-state index in [2.05, 4.69) is 12.0 Å². The lowest BCUT2D eigenvalue weighted by molar-refractivity contribution is 0.172. The van der Waals surface area contributed by atoms with Crippen molar-refractivity contribution in [1.82, 2.24) is 9.78 Å². The van der Waals surface area contributed by atoms with Crippen molar-refractivity contribution in [3.05, 3.63) is 17.0 Å². The molecule has 0 aliphatic rings. The van der Waals surface area contributed by atoms with Crippen LogP contribution in [0.25, 0.3) is 0 Å². The highest BCUT2D eigenvalue weighted by Gasteiger charge is 2.16. The van der Waals surface area contributed by atoms with Gasteiger partial charge in [-0.05, 0) is 27.2 Å². The molecule has 1 N–H and O–H groups in total. The molecule has 3 nitrogen and oxygen atoms in total. The van der Waals surface area contributed by atoms with Gasteiger partial charge in [0.2, 0.25) is 0 Å². The Balaban J connectivity index is 3.12. The van der Waals surface area contributed by atoms with E-state index in [1.54, 1.807) is 0 Å². The number of aromatic nitrogens is 2. The summed E-state index contributed by atoms with van der Waals surface area (Å²) in [7, 11) is 0. The van der Waals surface area contributed by atoms with E-state index >= 15 is 0 Å². The lowest BCUT2D eigenvalue weighted by atomic mass is 10.1. The van der Waals surface area contributed by atoms with Crippen molar-refractivity contribution < 1.29 is 5.11 Å². The van der Waals surface area contributed by atoms with Crippen LogP contribution in [0.3, 0.4) is 0 Å². The summed E-state index contributed by atoms with van der Waals surface area (Å²) in [6.07, 6.45) is 0.386. The van der Waals surface area contributed by atoms with Crippen molar-refractivity contribution in [2.45, 2.75) is 46.8 Å². The number of hydrogen-bond donors (Lipinski definition) is 1.